The Hall–Kier alpha value is -3.56. The maximum atomic E-state index is 14.2. The highest BCUT2D eigenvalue weighted by atomic mass is 19.1. The van der Waals surface area contributed by atoms with Crippen molar-refractivity contribution >= 4 is 34.7 Å². The van der Waals surface area contributed by atoms with Gasteiger partial charge >= 0.3 is 17.6 Å². The van der Waals surface area contributed by atoms with Gasteiger partial charge in [0.2, 0.25) is 0 Å². The summed E-state index contributed by atoms with van der Waals surface area (Å²) in [7, 11) is 0. The molecule has 1 fully saturated rings. The summed E-state index contributed by atoms with van der Waals surface area (Å²) < 4.78 is 23.8. The molecule has 1 aromatic carbocycles. The molecular formula is C16H10FNO8. The van der Waals surface area contributed by atoms with Crippen molar-refractivity contribution < 1.29 is 37.6 Å². The molecule has 0 unspecified atom stereocenters. The molecule has 134 valence electrons. The maximum absolute atomic E-state index is 14.2. The van der Waals surface area contributed by atoms with Crippen molar-refractivity contribution in [3.05, 3.63) is 40.0 Å². The lowest BCUT2D eigenvalue weighted by molar-refractivity contribution is -0.172. The minimum absolute atomic E-state index is 0.119. The number of amides is 2. The number of ether oxygens (including phenoxy) is 1. The minimum Gasteiger partial charge on any atom is -0.426 e. The van der Waals surface area contributed by atoms with E-state index in [4.69, 9.17) is 9.15 Å². The number of hydrogen-bond acceptors (Lipinski definition) is 8. The summed E-state index contributed by atoms with van der Waals surface area (Å²) in [5.41, 5.74) is -2.15. The summed E-state index contributed by atoms with van der Waals surface area (Å²) in [5, 5.41) is -0.00177. The van der Waals surface area contributed by atoms with Gasteiger partial charge < -0.3 is 14.0 Å². The summed E-state index contributed by atoms with van der Waals surface area (Å²) in [6.45, 7) is 1.11. The summed E-state index contributed by atoms with van der Waals surface area (Å²) >= 11 is 0. The quantitative estimate of drug-likeness (QED) is 0.344. The van der Waals surface area contributed by atoms with Crippen molar-refractivity contribution in [1.29, 1.82) is 0 Å². The molecule has 1 saturated heterocycles. The molecule has 2 heterocycles. The molecule has 0 aliphatic carbocycles. The fraction of sp³-hybridized carbons (Fsp3) is 0.188. The van der Waals surface area contributed by atoms with Crippen LogP contribution in [-0.4, -0.2) is 28.8 Å². The zero-order valence-corrected chi connectivity index (χ0v) is 13.2. The van der Waals surface area contributed by atoms with Crippen LogP contribution in [-0.2, 0) is 19.2 Å². The molecular weight excluding hydrogens is 353 g/mol. The van der Waals surface area contributed by atoms with Gasteiger partial charge in [-0.3, -0.25) is 14.4 Å². The molecule has 2 amide bonds. The van der Waals surface area contributed by atoms with Gasteiger partial charge in [0.05, 0.1) is 5.39 Å². The number of imide groups is 1. The van der Waals surface area contributed by atoms with Gasteiger partial charge in [-0.25, -0.2) is 14.0 Å². The van der Waals surface area contributed by atoms with E-state index in [1.807, 2.05) is 0 Å². The molecule has 1 aliphatic heterocycles. The molecule has 0 N–H and O–H groups in total. The third-order valence-electron chi connectivity index (χ3n) is 3.44. The van der Waals surface area contributed by atoms with Gasteiger partial charge in [-0.1, -0.05) is 0 Å². The molecule has 2 aromatic rings. The highest BCUT2D eigenvalue weighted by Gasteiger charge is 2.34. The molecule has 3 rings (SSSR count). The lowest BCUT2D eigenvalue weighted by Crippen LogP contribution is -2.33. The first-order valence-electron chi connectivity index (χ1n) is 7.30. The molecule has 0 atom stereocenters. The summed E-state index contributed by atoms with van der Waals surface area (Å²) in [4.78, 5) is 62.5. The highest BCUT2D eigenvalue weighted by Crippen LogP contribution is 2.25. The number of carbonyl (C=O) groups excluding carboxylic acids is 4. The van der Waals surface area contributed by atoms with Crippen molar-refractivity contribution in [2.24, 2.45) is 0 Å². The Labute approximate surface area is 143 Å². The van der Waals surface area contributed by atoms with Gasteiger partial charge in [0, 0.05) is 31.9 Å². The summed E-state index contributed by atoms with van der Waals surface area (Å²) in [6, 6.07) is 2.83. The first-order valence-corrected chi connectivity index (χ1v) is 7.30. The van der Waals surface area contributed by atoms with Crippen molar-refractivity contribution in [2.45, 2.75) is 19.8 Å². The fourth-order valence-corrected chi connectivity index (χ4v) is 2.31. The Bertz CT molecular complexity index is 1010. The molecule has 0 spiro atoms. The highest BCUT2D eigenvalue weighted by molar-refractivity contribution is 6.03. The third-order valence-corrected chi connectivity index (χ3v) is 3.44. The standard InChI is InChI=1S/C16H10FNO8/c1-7(19)24-8-4-11(17)9-6-10(15(22)25-12(9)5-8)16(23)26-18-13(20)2-3-14(18)21/h4-6H,2-3H2,1H3. The number of fused-ring (bicyclic) bond motifs is 1. The number of rotatable bonds is 3. The monoisotopic (exact) mass is 363 g/mol. The molecule has 10 heteroatoms. The topological polar surface area (TPSA) is 120 Å². The van der Waals surface area contributed by atoms with E-state index in [0.717, 1.165) is 25.1 Å². The van der Waals surface area contributed by atoms with E-state index in [-0.39, 0.29) is 34.6 Å². The van der Waals surface area contributed by atoms with Crippen LogP contribution in [0.25, 0.3) is 11.0 Å². The number of benzene rings is 1. The van der Waals surface area contributed by atoms with E-state index in [1.165, 1.54) is 0 Å². The predicted molar refractivity (Wildman–Crippen MR) is 80.3 cm³/mol. The molecule has 1 aromatic heterocycles. The Morgan fingerprint density at radius 3 is 2.38 bits per heavy atom. The number of halogens is 1. The lowest BCUT2D eigenvalue weighted by Gasteiger charge is -2.12. The van der Waals surface area contributed by atoms with E-state index in [2.05, 4.69) is 4.84 Å². The van der Waals surface area contributed by atoms with E-state index in [1.54, 1.807) is 0 Å². The Morgan fingerprint density at radius 2 is 1.77 bits per heavy atom. The Morgan fingerprint density at radius 1 is 1.12 bits per heavy atom. The van der Waals surface area contributed by atoms with Crippen LogP contribution in [0.2, 0.25) is 0 Å². The van der Waals surface area contributed by atoms with Gasteiger partial charge in [0.15, 0.2) is 0 Å². The number of esters is 1. The van der Waals surface area contributed by atoms with Crippen LogP contribution in [0.1, 0.15) is 30.1 Å². The fourth-order valence-electron chi connectivity index (χ4n) is 2.31. The van der Waals surface area contributed by atoms with Gasteiger partial charge in [-0.05, 0) is 6.07 Å². The van der Waals surface area contributed by atoms with E-state index >= 15 is 0 Å². The second-order valence-corrected chi connectivity index (χ2v) is 5.32. The number of nitrogens with zero attached hydrogens (tertiary/aromatic N) is 1. The molecule has 26 heavy (non-hydrogen) atoms. The average molecular weight is 363 g/mol. The molecule has 0 bridgehead atoms. The molecule has 9 nitrogen and oxygen atoms in total. The van der Waals surface area contributed by atoms with Crippen LogP contribution in [0.15, 0.2) is 27.4 Å². The predicted octanol–water partition coefficient (Wildman–Crippen LogP) is 1.08. The first kappa shape index (κ1) is 17.3. The second-order valence-electron chi connectivity index (χ2n) is 5.32. The van der Waals surface area contributed by atoms with Crippen molar-refractivity contribution in [2.75, 3.05) is 0 Å². The van der Waals surface area contributed by atoms with E-state index < -0.39 is 40.8 Å². The van der Waals surface area contributed by atoms with Crippen LogP contribution >= 0.6 is 0 Å². The van der Waals surface area contributed by atoms with Crippen LogP contribution in [0.4, 0.5) is 4.39 Å². The number of hydrogen-bond donors (Lipinski definition) is 0. The first-order chi connectivity index (χ1) is 12.3. The van der Waals surface area contributed by atoms with Crippen molar-refractivity contribution in [1.82, 2.24) is 5.06 Å². The van der Waals surface area contributed by atoms with Crippen LogP contribution in [0, 0.1) is 5.82 Å². The van der Waals surface area contributed by atoms with Crippen LogP contribution < -0.4 is 10.4 Å². The second kappa shape index (κ2) is 6.39. The number of carbonyl (C=O) groups is 4. The van der Waals surface area contributed by atoms with E-state index in [9.17, 15) is 28.4 Å². The SMILES string of the molecule is CC(=O)Oc1cc(F)c2cc(C(=O)ON3C(=O)CCC3=O)c(=O)oc2c1. The maximum Gasteiger partial charge on any atom is 0.371 e. The van der Waals surface area contributed by atoms with Crippen molar-refractivity contribution in [3.63, 3.8) is 0 Å². The summed E-state index contributed by atoms with van der Waals surface area (Å²) in [5.74, 6) is -4.62. The largest absolute Gasteiger partial charge is 0.426 e. The Kier molecular flexibility index (Phi) is 4.24. The smallest absolute Gasteiger partial charge is 0.371 e. The molecule has 0 saturated carbocycles. The van der Waals surface area contributed by atoms with Gasteiger partial charge in [0.25, 0.3) is 11.8 Å². The normalized spacial score (nSPS) is 14.0. The lowest BCUT2D eigenvalue weighted by atomic mass is 10.1. The zero-order chi connectivity index (χ0) is 19.0. The van der Waals surface area contributed by atoms with Gasteiger partial charge in [-0.2, -0.15) is 0 Å². The molecule has 1 aliphatic rings. The van der Waals surface area contributed by atoms with E-state index in [0.29, 0.717) is 0 Å². The average Bonchev–Trinajstić information content (AvgIpc) is 2.85. The van der Waals surface area contributed by atoms with Gasteiger partial charge in [-0.15, -0.1) is 5.06 Å². The Balaban J connectivity index is 1.98. The summed E-state index contributed by atoms with van der Waals surface area (Å²) in [6.07, 6.45) is -0.238. The number of hydroxylamine groups is 2. The van der Waals surface area contributed by atoms with Gasteiger partial charge in [0.1, 0.15) is 22.7 Å². The molecule has 0 radical (unpaired) electrons. The van der Waals surface area contributed by atoms with Crippen LogP contribution in [0.5, 0.6) is 5.75 Å². The van der Waals surface area contributed by atoms with Crippen LogP contribution in [0.3, 0.4) is 0 Å². The van der Waals surface area contributed by atoms with Crippen molar-refractivity contribution in [3.8, 4) is 5.75 Å². The third kappa shape index (κ3) is 3.16. The minimum atomic E-state index is -1.34. The zero-order valence-electron chi connectivity index (χ0n) is 13.2.